The predicted octanol–water partition coefficient (Wildman–Crippen LogP) is 5.67. The molecule has 0 aliphatic heterocycles. The maximum absolute atomic E-state index is 13.2. The van der Waals surface area contributed by atoms with Crippen LogP contribution < -0.4 is 5.32 Å². The third kappa shape index (κ3) is 3.06. The van der Waals surface area contributed by atoms with E-state index >= 15 is 0 Å². The fourth-order valence-electron chi connectivity index (χ4n) is 2.16. The predicted molar refractivity (Wildman–Crippen MR) is 80.6 cm³/mol. The minimum Gasteiger partial charge on any atom is -0.373 e. The van der Waals surface area contributed by atoms with Crippen LogP contribution in [0.15, 0.2) is 48.5 Å². The fourth-order valence-corrected chi connectivity index (χ4v) is 3.12. The van der Waals surface area contributed by atoms with Crippen LogP contribution in [-0.2, 0) is 12.7 Å². The molecule has 1 heterocycles. The van der Waals surface area contributed by atoms with Crippen molar-refractivity contribution in [2.24, 2.45) is 0 Å². The highest BCUT2D eigenvalue weighted by Gasteiger charge is 2.34. The molecule has 6 heteroatoms. The number of hydrogen-bond donors (Lipinski definition) is 1. The molecule has 0 saturated carbocycles. The zero-order chi connectivity index (χ0) is 15.7. The van der Waals surface area contributed by atoms with E-state index in [9.17, 15) is 17.6 Å². The van der Waals surface area contributed by atoms with Gasteiger partial charge in [-0.15, -0.1) is 11.3 Å². The topological polar surface area (TPSA) is 12.0 Å². The second kappa shape index (κ2) is 5.61. The third-order valence-electron chi connectivity index (χ3n) is 3.23. The molecule has 1 nitrogen and oxygen atoms in total. The van der Waals surface area contributed by atoms with E-state index in [4.69, 9.17) is 0 Å². The molecule has 3 rings (SSSR count). The number of anilines is 1. The Kier molecular flexibility index (Phi) is 3.78. The highest BCUT2D eigenvalue weighted by atomic mass is 32.1. The summed E-state index contributed by atoms with van der Waals surface area (Å²) in [5, 5.41) is 5.01. The first-order valence-electron chi connectivity index (χ1n) is 6.51. The van der Waals surface area contributed by atoms with Crippen LogP contribution in [0.2, 0.25) is 0 Å². The summed E-state index contributed by atoms with van der Waals surface area (Å²) in [7, 11) is 0. The van der Waals surface area contributed by atoms with E-state index in [-0.39, 0.29) is 6.54 Å². The number of nitrogens with one attached hydrogen (secondary N) is 1. The van der Waals surface area contributed by atoms with Crippen LogP contribution >= 0.6 is 11.3 Å². The summed E-state index contributed by atoms with van der Waals surface area (Å²) in [6.07, 6.45) is -4.68. The summed E-state index contributed by atoms with van der Waals surface area (Å²) in [5.74, 6) is -1.25. The lowest BCUT2D eigenvalue weighted by Gasteiger charge is -2.10. The number of rotatable bonds is 3. The van der Waals surface area contributed by atoms with Gasteiger partial charge < -0.3 is 5.32 Å². The summed E-state index contributed by atoms with van der Waals surface area (Å²) < 4.78 is 52.3. The van der Waals surface area contributed by atoms with Gasteiger partial charge in [-0.05, 0) is 35.2 Å². The zero-order valence-corrected chi connectivity index (χ0v) is 12.1. The molecule has 0 atom stereocenters. The Hall–Kier alpha value is -2.08. The number of hydrogen-bond acceptors (Lipinski definition) is 2. The number of benzene rings is 2. The van der Waals surface area contributed by atoms with Crippen molar-refractivity contribution in [2.75, 3.05) is 5.32 Å². The van der Waals surface area contributed by atoms with Crippen LogP contribution in [0, 0.1) is 5.82 Å². The summed E-state index contributed by atoms with van der Waals surface area (Å²) in [6, 6.07) is 12.8. The normalized spacial score (nSPS) is 11.8. The molecule has 0 aliphatic rings. The maximum Gasteiger partial charge on any atom is 0.419 e. The average Bonchev–Trinajstić information content (AvgIpc) is 2.88. The van der Waals surface area contributed by atoms with Crippen LogP contribution in [0.1, 0.15) is 11.1 Å². The Bertz CT molecular complexity index is 774. The van der Waals surface area contributed by atoms with Gasteiger partial charge >= 0.3 is 6.18 Å². The van der Waals surface area contributed by atoms with Crippen molar-refractivity contribution in [2.45, 2.75) is 12.7 Å². The lowest BCUT2D eigenvalue weighted by Crippen LogP contribution is -2.09. The molecule has 0 saturated heterocycles. The lowest BCUT2D eigenvalue weighted by molar-refractivity contribution is -0.140. The van der Waals surface area contributed by atoms with E-state index in [1.54, 1.807) is 0 Å². The van der Waals surface area contributed by atoms with Crippen molar-refractivity contribution < 1.29 is 17.6 Å². The van der Waals surface area contributed by atoms with Gasteiger partial charge in [0.25, 0.3) is 0 Å². The Labute approximate surface area is 128 Å². The quantitative estimate of drug-likeness (QED) is 0.612. The number of thiophene rings is 1. The molecule has 0 amide bonds. The first-order valence-corrected chi connectivity index (χ1v) is 7.33. The fraction of sp³-hybridized carbons (Fsp3) is 0.125. The summed E-state index contributed by atoms with van der Waals surface area (Å²) in [4.78, 5) is 0. The van der Waals surface area contributed by atoms with E-state index in [0.717, 1.165) is 27.2 Å². The lowest BCUT2D eigenvalue weighted by atomic mass is 10.1. The number of halogens is 4. The van der Waals surface area contributed by atoms with Gasteiger partial charge in [0.2, 0.25) is 0 Å². The minimum absolute atomic E-state index is 0.205. The molecule has 114 valence electrons. The van der Waals surface area contributed by atoms with Gasteiger partial charge in [-0.2, -0.15) is 13.2 Å². The van der Waals surface area contributed by atoms with E-state index in [2.05, 4.69) is 5.32 Å². The van der Waals surface area contributed by atoms with E-state index in [1.807, 2.05) is 30.3 Å². The Morgan fingerprint density at radius 3 is 2.50 bits per heavy atom. The SMILES string of the molecule is Fc1ccc(CNc2cc3ccccc3s2)cc1C(F)(F)F. The van der Waals surface area contributed by atoms with Crippen LogP contribution in [0.5, 0.6) is 0 Å². The molecule has 22 heavy (non-hydrogen) atoms. The standard InChI is InChI=1S/C16H11F4NS/c17-13-6-5-10(7-12(13)16(18,19)20)9-21-15-8-11-3-1-2-4-14(11)22-15/h1-8,21H,9H2. The molecule has 1 aromatic heterocycles. The molecule has 2 aromatic carbocycles. The Morgan fingerprint density at radius 2 is 1.77 bits per heavy atom. The van der Waals surface area contributed by atoms with Gasteiger partial charge in [-0.3, -0.25) is 0 Å². The highest BCUT2D eigenvalue weighted by Crippen LogP contribution is 2.33. The molecule has 0 unspecified atom stereocenters. The van der Waals surface area contributed by atoms with Crippen molar-refractivity contribution in [1.29, 1.82) is 0 Å². The molecule has 0 bridgehead atoms. The number of alkyl halides is 3. The molecule has 0 fully saturated rings. The maximum atomic E-state index is 13.2. The van der Waals surface area contributed by atoms with Crippen molar-refractivity contribution in [3.05, 3.63) is 65.5 Å². The minimum atomic E-state index is -4.68. The molecular formula is C16H11F4NS. The smallest absolute Gasteiger partial charge is 0.373 e. The molecular weight excluding hydrogens is 314 g/mol. The van der Waals surface area contributed by atoms with E-state index in [1.165, 1.54) is 17.4 Å². The van der Waals surface area contributed by atoms with Crippen LogP contribution in [0.25, 0.3) is 10.1 Å². The second-order valence-corrected chi connectivity index (χ2v) is 5.90. The molecule has 0 spiro atoms. The van der Waals surface area contributed by atoms with Crippen molar-refractivity contribution in [3.8, 4) is 0 Å². The summed E-state index contributed by atoms with van der Waals surface area (Å²) in [5.41, 5.74) is -0.852. The van der Waals surface area contributed by atoms with Gasteiger partial charge in [0.15, 0.2) is 0 Å². The van der Waals surface area contributed by atoms with Crippen molar-refractivity contribution in [1.82, 2.24) is 0 Å². The first kappa shape index (κ1) is 14.8. The van der Waals surface area contributed by atoms with E-state index < -0.39 is 17.6 Å². The van der Waals surface area contributed by atoms with Gasteiger partial charge in [-0.1, -0.05) is 24.3 Å². The van der Waals surface area contributed by atoms with Crippen molar-refractivity contribution in [3.63, 3.8) is 0 Å². The summed E-state index contributed by atoms with van der Waals surface area (Å²) >= 11 is 1.52. The molecule has 3 aromatic rings. The second-order valence-electron chi connectivity index (χ2n) is 4.81. The van der Waals surface area contributed by atoms with Crippen LogP contribution in [-0.4, -0.2) is 0 Å². The van der Waals surface area contributed by atoms with Crippen molar-refractivity contribution >= 4 is 26.4 Å². The summed E-state index contributed by atoms with van der Waals surface area (Å²) in [6.45, 7) is 0.205. The zero-order valence-electron chi connectivity index (χ0n) is 11.2. The Morgan fingerprint density at radius 1 is 1.00 bits per heavy atom. The Balaban J connectivity index is 1.79. The van der Waals surface area contributed by atoms with Gasteiger partial charge in [-0.25, -0.2) is 4.39 Å². The monoisotopic (exact) mass is 325 g/mol. The van der Waals surface area contributed by atoms with Gasteiger partial charge in [0, 0.05) is 11.2 Å². The average molecular weight is 325 g/mol. The molecule has 0 aliphatic carbocycles. The molecule has 1 N–H and O–H groups in total. The van der Waals surface area contributed by atoms with Gasteiger partial charge in [0.05, 0.1) is 10.6 Å². The van der Waals surface area contributed by atoms with E-state index in [0.29, 0.717) is 5.56 Å². The first-order chi connectivity index (χ1) is 10.4. The van der Waals surface area contributed by atoms with Gasteiger partial charge in [0.1, 0.15) is 5.82 Å². The largest absolute Gasteiger partial charge is 0.419 e. The highest BCUT2D eigenvalue weighted by molar-refractivity contribution is 7.22. The number of fused-ring (bicyclic) bond motifs is 1. The van der Waals surface area contributed by atoms with Crippen LogP contribution in [0.4, 0.5) is 22.6 Å². The third-order valence-corrected chi connectivity index (χ3v) is 4.30. The van der Waals surface area contributed by atoms with Crippen LogP contribution in [0.3, 0.4) is 0 Å². The molecule has 0 radical (unpaired) electrons.